The highest BCUT2D eigenvalue weighted by molar-refractivity contribution is 7.45. The average molecular weight is 478 g/mol. The number of anilines is 1. The minimum atomic E-state index is -1.83. The summed E-state index contributed by atoms with van der Waals surface area (Å²) in [5.74, 6) is 1.17. The van der Waals surface area contributed by atoms with Crippen LogP contribution in [0, 0.1) is 11.8 Å². The second kappa shape index (κ2) is 10.9. The van der Waals surface area contributed by atoms with Crippen molar-refractivity contribution in [3.63, 3.8) is 0 Å². The van der Waals surface area contributed by atoms with E-state index in [0.717, 1.165) is 51.0 Å². The number of carbonyl (C=O) groups excluding carboxylic acids is 1. The van der Waals surface area contributed by atoms with Gasteiger partial charge < -0.3 is 24.2 Å². The zero-order chi connectivity index (χ0) is 23.4. The number of methoxy groups -OCH3 is 1. The minimum absolute atomic E-state index is 0.0509. The number of hydrogen-bond acceptors (Lipinski definition) is 9. The first-order valence-corrected chi connectivity index (χ1v) is 12.8. The second-order valence-corrected chi connectivity index (χ2v) is 9.95. The summed E-state index contributed by atoms with van der Waals surface area (Å²) >= 11 is 0. The van der Waals surface area contributed by atoms with Crippen molar-refractivity contribution in [1.82, 2.24) is 14.8 Å². The van der Waals surface area contributed by atoms with Crippen LogP contribution in [-0.4, -0.2) is 69.9 Å². The molecule has 2 saturated heterocycles. The maximum Gasteiger partial charge on any atom is 0.280 e. The fraction of sp³-hybridized carbons (Fsp3) is 0.636. The van der Waals surface area contributed by atoms with Crippen LogP contribution in [0.3, 0.4) is 0 Å². The van der Waals surface area contributed by atoms with E-state index in [4.69, 9.17) is 19.3 Å². The molecule has 11 heteroatoms. The van der Waals surface area contributed by atoms with Crippen molar-refractivity contribution in [2.24, 2.45) is 11.8 Å². The Bertz CT molecular complexity index is 1030. The molecule has 0 aromatic carbocycles. The lowest BCUT2D eigenvalue weighted by atomic mass is 9.94. The molecular formula is C22H31N4O6P. The number of ether oxygens (including phenoxy) is 2. The summed E-state index contributed by atoms with van der Waals surface area (Å²) < 4.78 is 12.0. The van der Waals surface area contributed by atoms with Gasteiger partial charge in [0.15, 0.2) is 14.2 Å². The zero-order valence-electron chi connectivity index (χ0n) is 18.9. The number of aromatic nitrogens is 3. The molecule has 2 aliphatic rings. The lowest BCUT2D eigenvalue weighted by Crippen LogP contribution is -2.35. The molecule has 4 heterocycles. The molecule has 0 aliphatic carbocycles. The molecule has 0 spiro atoms. The smallest absolute Gasteiger partial charge is 0.280 e. The Labute approximate surface area is 193 Å². The number of rotatable bonds is 8. The van der Waals surface area contributed by atoms with Gasteiger partial charge in [0.2, 0.25) is 5.88 Å². The van der Waals surface area contributed by atoms with Crippen molar-refractivity contribution in [3.05, 3.63) is 22.6 Å². The van der Waals surface area contributed by atoms with Gasteiger partial charge in [0.05, 0.1) is 19.9 Å². The van der Waals surface area contributed by atoms with Gasteiger partial charge in [-0.15, -0.1) is 0 Å². The first-order valence-electron chi connectivity index (χ1n) is 11.4. The number of Topliss-reactive ketones (excluding diaryl/α,β-unsaturated/α-hetero) is 1. The lowest BCUT2D eigenvalue weighted by molar-refractivity contribution is -0.127. The predicted molar refractivity (Wildman–Crippen MR) is 125 cm³/mol. The highest BCUT2D eigenvalue weighted by Gasteiger charge is 2.25. The van der Waals surface area contributed by atoms with Gasteiger partial charge in [0, 0.05) is 37.2 Å². The number of fused-ring (bicyclic) bond motifs is 1. The second-order valence-electron chi connectivity index (χ2n) is 8.76. The molecule has 0 bridgehead atoms. The van der Waals surface area contributed by atoms with Gasteiger partial charge in [-0.3, -0.25) is 9.59 Å². The van der Waals surface area contributed by atoms with Crippen LogP contribution in [0.15, 0.2) is 17.1 Å². The van der Waals surface area contributed by atoms with Gasteiger partial charge in [-0.2, -0.15) is 10.1 Å². The third-order valence-corrected chi connectivity index (χ3v) is 7.24. The first kappa shape index (κ1) is 24.0. The van der Waals surface area contributed by atoms with Crippen molar-refractivity contribution >= 4 is 30.7 Å². The highest BCUT2D eigenvalue weighted by atomic mass is 31.2. The SMILES string of the molecule is COc1nc(N2CCC(CCP(O)O)CC2)cc2cnn(CC(=O)C3CCCOC3)c(=O)c12. The van der Waals surface area contributed by atoms with E-state index in [2.05, 4.69) is 15.0 Å². The van der Waals surface area contributed by atoms with Crippen LogP contribution >= 0.6 is 8.38 Å². The van der Waals surface area contributed by atoms with Gasteiger partial charge in [-0.1, -0.05) is 0 Å². The summed E-state index contributed by atoms with van der Waals surface area (Å²) in [6.07, 6.45) is 6.36. The quantitative estimate of drug-likeness (QED) is 0.545. The Hall–Kier alpha value is -2.13. The van der Waals surface area contributed by atoms with Crippen LogP contribution in [0.25, 0.3) is 10.8 Å². The van der Waals surface area contributed by atoms with E-state index in [1.54, 1.807) is 6.20 Å². The minimum Gasteiger partial charge on any atom is -0.480 e. The van der Waals surface area contributed by atoms with E-state index >= 15 is 0 Å². The van der Waals surface area contributed by atoms with Gasteiger partial charge >= 0.3 is 0 Å². The van der Waals surface area contributed by atoms with Crippen molar-refractivity contribution in [2.75, 3.05) is 44.5 Å². The lowest BCUT2D eigenvalue weighted by Gasteiger charge is -2.33. The van der Waals surface area contributed by atoms with Crippen LogP contribution in [0.5, 0.6) is 5.88 Å². The van der Waals surface area contributed by atoms with Gasteiger partial charge in [-0.25, -0.2) is 4.68 Å². The molecule has 2 aliphatic heterocycles. The molecule has 1 atom stereocenters. The van der Waals surface area contributed by atoms with Crippen LogP contribution in [0.4, 0.5) is 5.82 Å². The third kappa shape index (κ3) is 5.69. The van der Waals surface area contributed by atoms with Crippen molar-refractivity contribution in [1.29, 1.82) is 0 Å². The van der Waals surface area contributed by atoms with Gasteiger partial charge in [-0.05, 0) is 44.1 Å². The Morgan fingerprint density at radius 1 is 1.30 bits per heavy atom. The molecular weight excluding hydrogens is 447 g/mol. The van der Waals surface area contributed by atoms with E-state index in [9.17, 15) is 9.59 Å². The molecule has 33 heavy (non-hydrogen) atoms. The molecule has 0 radical (unpaired) electrons. The monoisotopic (exact) mass is 478 g/mol. The van der Waals surface area contributed by atoms with Crippen molar-refractivity contribution in [3.8, 4) is 5.88 Å². The molecule has 2 N–H and O–H groups in total. The Morgan fingerprint density at radius 2 is 2.09 bits per heavy atom. The highest BCUT2D eigenvalue weighted by Crippen LogP contribution is 2.32. The summed E-state index contributed by atoms with van der Waals surface area (Å²) in [5.41, 5.74) is -0.392. The summed E-state index contributed by atoms with van der Waals surface area (Å²) in [4.78, 5) is 50.8. The van der Waals surface area contributed by atoms with Crippen LogP contribution in [0.1, 0.15) is 32.1 Å². The molecule has 10 nitrogen and oxygen atoms in total. The average Bonchev–Trinajstić information content (AvgIpc) is 2.84. The molecule has 0 amide bonds. The topological polar surface area (TPSA) is 127 Å². The number of hydrogen-bond donors (Lipinski definition) is 2. The molecule has 0 saturated carbocycles. The van der Waals surface area contributed by atoms with Crippen LogP contribution in [0.2, 0.25) is 0 Å². The number of nitrogens with zero attached hydrogens (tertiary/aromatic N) is 4. The maximum atomic E-state index is 13.1. The molecule has 1 unspecified atom stereocenters. The Kier molecular flexibility index (Phi) is 7.90. The predicted octanol–water partition coefficient (Wildman–Crippen LogP) is 1.70. The summed E-state index contributed by atoms with van der Waals surface area (Å²) in [6, 6.07) is 1.84. The summed E-state index contributed by atoms with van der Waals surface area (Å²) in [7, 11) is -0.350. The summed E-state index contributed by atoms with van der Waals surface area (Å²) in [5, 5.41) is 5.19. The molecule has 180 valence electrons. The van der Waals surface area contributed by atoms with E-state index in [1.165, 1.54) is 11.8 Å². The number of piperidine rings is 1. The Morgan fingerprint density at radius 3 is 2.76 bits per heavy atom. The van der Waals surface area contributed by atoms with Gasteiger partial charge in [0.25, 0.3) is 5.56 Å². The number of pyridine rings is 1. The number of carbonyl (C=O) groups is 1. The number of ketones is 1. The standard InChI is InChI=1S/C22H31N4O6P/c1-31-21-20-17(11-19(24-21)25-7-4-15(5-8-25)6-10-33(29)30)12-23-26(22(20)28)13-18(27)16-3-2-9-32-14-16/h11-12,15-16,29-30H,2-10,13-14H2,1H3. The molecule has 2 aromatic rings. The first-order chi connectivity index (χ1) is 16.0. The van der Waals surface area contributed by atoms with E-state index in [0.29, 0.717) is 36.1 Å². The van der Waals surface area contributed by atoms with Gasteiger partial charge in [0.1, 0.15) is 17.7 Å². The normalized spacial score (nSPS) is 19.9. The van der Waals surface area contributed by atoms with E-state index in [1.807, 2.05) is 6.07 Å². The molecule has 2 aromatic heterocycles. The largest absolute Gasteiger partial charge is 0.480 e. The third-order valence-electron chi connectivity index (χ3n) is 6.58. The molecule has 2 fully saturated rings. The van der Waals surface area contributed by atoms with Crippen LogP contribution < -0.4 is 15.2 Å². The fourth-order valence-electron chi connectivity index (χ4n) is 4.60. The molecule has 4 rings (SSSR count). The zero-order valence-corrected chi connectivity index (χ0v) is 19.7. The van der Waals surface area contributed by atoms with E-state index < -0.39 is 13.9 Å². The Balaban J connectivity index is 1.52. The summed E-state index contributed by atoms with van der Waals surface area (Å²) in [6.45, 7) is 2.57. The van der Waals surface area contributed by atoms with Crippen molar-refractivity contribution < 1.29 is 24.1 Å². The maximum absolute atomic E-state index is 13.1. The van der Waals surface area contributed by atoms with Crippen LogP contribution in [-0.2, 0) is 16.1 Å². The van der Waals surface area contributed by atoms with Crippen molar-refractivity contribution in [2.45, 2.75) is 38.6 Å². The van der Waals surface area contributed by atoms with E-state index in [-0.39, 0.29) is 24.1 Å². The fourth-order valence-corrected chi connectivity index (χ4v) is 5.20.